The summed E-state index contributed by atoms with van der Waals surface area (Å²) in [6, 6.07) is 8.81. The van der Waals surface area contributed by atoms with Gasteiger partial charge in [0.25, 0.3) is 0 Å². The Morgan fingerprint density at radius 1 is 1.57 bits per heavy atom. The van der Waals surface area contributed by atoms with Crippen LogP contribution < -0.4 is 5.32 Å². The van der Waals surface area contributed by atoms with Crippen LogP contribution in [-0.4, -0.2) is 12.6 Å². The predicted octanol–water partition coefficient (Wildman–Crippen LogP) is 1.94. The molecule has 0 aliphatic heterocycles. The van der Waals surface area contributed by atoms with Gasteiger partial charge in [-0.3, -0.25) is 0 Å². The van der Waals surface area contributed by atoms with Crippen molar-refractivity contribution in [1.29, 1.82) is 0 Å². The zero-order valence-electron chi connectivity index (χ0n) is 8.46. The molecular formula is C13H15N. The van der Waals surface area contributed by atoms with E-state index in [1.54, 1.807) is 0 Å². The van der Waals surface area contributed by atoms with Crippen LogP contribution in [0, 0.1) is 12.3 Å². The maximum Gasteiger partial charge on any atom is 0.0658 e. The molecule has 0 aromatic heterocycles. The van der Waals surface area contributed by atoms with Crippen LogP contribution in [0.25, 0.3) is 0 Å². The van der Waals surface area contributed by atoms with Crippen molar-refractivity contribution in [2.24, 2.45) is 0 Å². The third kappa shape index (κ3) is 1.66. The van der Waals surface area contributed by atoms with Crippen molar-refractivity contribution < 1.29 is 0 Å². The molecule has 0 saturated carbocycles. The summed E-state index contributed by atoms with van der Waals surface area (Å²) >= 11 is 0. The van der Waals surface area contributed by atoms with E-state index in [9.17, 15) is 0 Å². The normalized spacial score (nSPS) is 20.4. The molecule has 1 N–H and O–H groups in total. The molecule has 1 heteroatoms. The topological polar surface area (TPSA) is 12.0 Å². The summed E-state index contributed by atoms with van der Waals surface area (Å²) in [5.41, 5.74) is 2.98. The molecule has 1 nitrogen and oxygen atoms in total. The fourth-order valence-electron chi connectivity index (χ4n) is 1.92. The third-order valence-electron chi connectivity index (χ3n) is 2.88. The SMILES string of the molecule is C#CC(C)NCC1Cc2ccccc21. The first-order valence-corrected chi connectivity index (χ1v) is 5.08. The van der Waals surface area contributed by atoms with Crippen molar-refractivity contribution in [3.63, 3.8) is 0 Å². The van der Waals surface area contributed by atoms with Crippen molar-refractivity contribution in [3.8, 4) is 12.3 Å². The zero-order valence-corrected chi connectivity index (χ0v) is 8.46. The summed E-state index contributed by atoms with van der Waals surface area (Å²) in [5, 5.41) is 3.34. The molecule has 1 aromatic carbocycles. The highest BCUT2D eigenvalue weighted by molar-refractivity contribution is 5.40. The minimum absolute atomic E-state index is 0.183. The molecule has 0 spiro atoms. The lowest BCUT2D eigenvalue weighted by atomic mass is 9.77. The number of hydrogen-bond donors (Lipinski definition) is 1. The minimum Gasteiger partial charge on any atom is -0.303 e. The van der Waals surface area contributed by atoms with Gasteiger partial charge in [0.15, 0.2) is 0 Å². The van der Waals surface area contributed by atoms with Crippen LogP contribution in [0.3, 0.4) is 0 Å². The number of nitrogens with one attached hydrogen (secondary N) is 1. The smallest absolute Gasteiger partial charge is 0.0658 e. The molecular weight excluding hydrogens is 170 g/mol. The van der Waals surface area contributed by atoms with Gasteiger partial charge in [0.1, 0.15) is 0 Å². The van der Waals surface area contributed by atoms with E-state index >= 15 is 0 Å². The Morgan fingerprint density at radius 2 is 2.36 bits per heavy atom. The van der Waals surface area contributed by atoms with E-state index in [2.05, 4.69) is 35.5 Å². The van der Waals surface area contributed by atoms with Crippen LogP contribution >= 0.6 is 0 Å². The van der Waals surface area contributed by atoms with E-state index in [1.807, 2.05) is 6.92 Å². The second-order valence-corrected chi connectivity index (χ2v) is 3.90. The highest BCUT2D eigenvalue weighted by atomic mass is 14.9. The first-order valence-electron chi connectivity index (χ1n) is 5.08. The maximum absolute atomic E-state index is 5.30. The summed E-state index contributed by atoms with van der Waals surface area (Å²) < 4.78 is 0. The Labute approximate surface area is 85.5 Å². The van der Waals surface area contributed by atoms with Gasteiger partial charge in [0, 0.05) is 12.5 Å². The molecule has 0 radical (unpaired) electrons. The van der Waals surface area contributed by atoms with Crippen LogP contribution in [0.2, 0.25) is 0 Å². The molecule has 1 aliphatic rings. The summed E-state index contributed by atoms with van der Waals surface area (Å²) in [7, 11) is 0. The van der Waals surface area contributed by atoms with Gasteiger partial charge in [-0.05, 0) is 24.5 Å². The van der Waals surface area contributed by atoms with Gasteiger partial charge in [0.05, 0.1) is 6.04 Å². The average Bonchev–Trinajstić information content (AvgIpc) is 2.19. The van der Waals surface area contributed by atoms with Gasteiger partial charge in [-0.1, -0.05) is 30.2 Å². The van der Waals surface area contributed by atoms with Crippen LogP contribution in [0.4, 0.5) is 0 Å². The molecule has 0 amide bonds. The Bertz CT molecular complexity index is 362. The average molecular weight is 185 g/mol. The lowest BCUT2D eigenvalue weighted by molar-refractivity contribution is 0.521. The van der Waals surface area contributed by atoms with Gasteiger partial charge in [0.2, 0.25) is 0 Å². The number of terminal acetylenes is 1. The Hall–Kier alpha value is -1.26. The van der Waals surface area contributed by atoms with Crippen LogP contribution in [-0.2, 0) is 6.42 Å². The van der Waals surface area contributed by atoms with E-state index < -0.39 is 0 Å². The molecule has 72 valence electrons. The minimum atomic E-state index is 0.183. The molecule has 2 rings (SSSR count). The molecule has 0 heterocycles. The maximum atomic E-state index is 5.30. The van der Waals surface area contributed by atoms with Gasteiger partial charge in [-0.2, -0.15) is 0 Å². The largest absolute Gasteiger partial charge is 0.303 e. The van der Waals surface area contributed by atoms with Gasteiger partial charge < -0.3 is 5.32 Å². The van der Waals surface area contributed by atoms with Crippen LogP contribution in [0.5, 0.6) is 0 Å². The Balaban J connectivity index is 1.91. The quantitative estimate of drug-likeness (QED) is 0.710. The predicted molar refractivity (Wildman–Crippen MR) is 59.2 cm³/mol. The van der Waals surface area contributed by atoms with Crippen molar-refractivity contribution in [3.05, 3.63) is 35.4 Å². The molecule has 1 aliphatic carbocycles. The van der Waals surface area contributed by atoms with Crippen molar-refractivity contribution in [1.82, 2.24) is 5.32 Å². The van der Waals surface area contributed by atoms with Crippen molar-refractivity contribution in [2.75, 3.05) is 6.54 Å². The second kappa shape index (κ2) is 3.86. The summed E-state index contributed by atoms with van der Waals surface area (Å²) in [6.07, 6.45) is 6.49. The van der Waals surface area contributed by atoms with Gasteiger partial charge in [-0.25, -0.2) is 0 Å². The third-order valence-corrected chi connectivity index (χ3v) is 2.88. The monoisotopic (exact) mass is 185 g/mol. The zero-order chi connectivity index (χ0) is 9.97. The molecule has 2 atom stereocenters. The van der Waals surface area contributed by atoms with Crippen molar-refractivity contribution >= 4 is 0 Å². The molecule has 0 saturated heterocycles. The lowest BCUT2D eigenvalue weighted by Gasteiger charge is -2.30. The van der Waals surface area contributed by atoms with Crippen LogP contribution in [0.1, 0.15) is 24.0 Å². The Morgan fingerprint density at radius 3 is 3.07 bits per heavy atom. The molecule has 1 aromatic rings. The standard InChI is InChI=1S/C13H15N/c1-3-10(2)14-9-12-8-11-6-4-5-7-13(11)12/h1,4-7,10,12,14H,8-9H2,2H3. The Kier molecular flexibility index (Phi) is 2.56. The fourth-order valence-corrected chi connectivity index (χ4v) is 1.92. The second-order valence-electron chi connectivity index (χ2n) is 3.90. The summed E-state index contributed by atoms with van der Waals surface area (Å²) in [6.45, 7) is 3.02. The van der Waals surface area contributed by atoms with E-state index in [4.69, 9.17) is 6.42 Å². The number of hydrogen-bond acceptors (Lipinski definition) is 1. The summed E-state index contributed by atoms with van der Waals surface area (Å²) in [5.74, 6) is 3.35. The van der Waals surface area contributed by atoms with E-state index in [0.717, 1.165) is 6.54 Å². The van der Waals surface area contributed by atoms with Gasteiger partial charge in [-0.15, -0.1) is 6.42 Å². The molecule has 0 fully saturated rings. The van der Waals surface area contributed by atoms with Gasteiger partial charge >= 0.3 is 0 Å². The number of benzene rings is 1. The van der Waals surface area contributed by atoms with E-state index in [0.29, 0.717) is 5.92 Å². The first kappa shape index (κ1) is 9.30. The molecule has 2 unspecified atom stereocenters. The van der Waals surface area contributed by atoms with E-state index in [1.165, 1.54) is 17.5 Å². The van der Waals surface area contributed by atoms with Crippen molar-refractivity contribution in [2.45, 2.75) is 25.3 Å². The highest BCUT2D eigenvalue weighted by Crippen LogP contribution is 2.33. The number of rotatable bonds is 3. The summed E-state index contributed by atoms with van der Waals surface area (Å²) in [4.78, 5) is 0. The highest BCUT2D eigenvalue weighted by Gasteiger charge is 2.24. The molecule has 14 heavy (non-hydrogen) atoms. The van der Waals surface area contributed by atoms with Crippen LogP contribution in [0.15, 0.2) is 24.3 Å². The molecule has 0 bridgehead atoms. The van der Waals surface area contributed by atoms with E-state index in [-0.39, 0.29) is 6.04 Å². The fraction of sp³-hybridized carbons (Fsp3) is 0.385. The number of fused-ring (bicyclic) bond motifs is 1. The first-order chi connectivity index (χ1) is 6.81. The lowest BCUT2D eigenvalue weighted by Crippen LogP contribution is -2.33.